The topological polar surface area (TPSA) is 78.2 Å². The fraction of sp³-hybridized carbons (Fsp3) is 0.231. The van der Waals surface area contributed by atoms with Crippen molar-refractivity contribution in [2.24, 2.45) is 0 Å². The Morgan fingerprint density at radius 3 is 2.85 bits per heavy atom. The summed E-state index contributed by atoms with van der Waals surface area (Å²) in [5.74, 6) is 0.372. The molecular weight excluding hydrogens is 282 g/mol. The summed E-state index contributed by atoms with van der Waals surface area (Å²) in [6.45, 7) is 0. The Morgan fingerprint density at radius 1 is 1.25 bits per heavy atom. The van der Waals surface area contributed by atoms with Crippen molar-refractivity contribution in [3.63, 3.8) is 0 Å². The largest absolute Gasteiger partial charge is 0.434 e. The van der Waals surface area contributed by atoms with E-state index in [2.05, 4.69) is 9.97 Å². The lowest BCUT2D eigenvalue weighted by molar-refractivity contribution is -0.386. The molecule has 1 aliphatic carbocycles. The molecule has 0 saturated heterocycles. The molecule has 0 radical (unpaired) electrons. The van der Waals surface area contributed by atoms with E-state index in [-0.39, 0.29) is 11.0 Å². The van der Waals surface area contributed by atoms with Gasteiger partial charge < -0.3 is 4.74 Å². The third-order valence-electron chi connectivity index (χ3n) is 3.21. The van der Waals surface area contributed by atoms with Crippen LogP contribution in [0.15, 0.2) is 24.5 Å². The Labute approximate surface area is 119 Å². The highest BCUT2D eigenvalue weighted by atomic mass is 35.5. The maximum Gasteiger partial charge on any atom is 0.368 e. The minimum absolute atomic E-state index is 0.145. The van der Waals surface area contributed by atoms with Crippen molar-refractivity contribution in [2.45, 2.75) is 19.3 Å². The van der Waals surface area contributed by atoms with Gasteiger partial charge in [0.15, 0.2) is 0 Å². The average Bonchev–Trinajstić information content (AvgIpc) is 2.85. The van der Waals surface area contributed by atoms with Gasteiger partial charge in [0.05, 0.1) is 4.92 Å². The molecule has 0 fully saturated rings. The SMILES string of the molecule is O=[N+]([O-])c1c(Cl)ncnc1Oc1ccc2c(c1)CCC2. The maximum atomic E-state index is 11.0. The molecule has 0 N–H and O–H groups in total. The zero-order valence-electron chi connectivity index (χ0n) is 10.4. The monoisotopic (exact) mass is 291 g/mol. The molecule has 0 atom stereocenters. The smallest absolute Gasteiger partial charge is 0.368 e. The van der Waals surface area contributed by atoms with Crippen molar-refractivity contribution in [3.8, 4) is 11.6 Å². The summed E-state index contributed by atoms with van der Waals surface area (Å²) in [4.78, 5) is 17.7. The number of ether oxygens (including phenoxy) is 1. The van der Waals surface area contributed by atoms with Crippen molar-refractivity contribution in [2.75, 3.05) is 0 Å². The summed E-state index contributed by atoms with van der Waals surface area (Å²) in [6, 6.07) is 5.65. The molecular formula is C13H10ClN3O3. The van der Waals surface area contributed by atoms with Gasteiger partial charge in [-0.2, -0.15) is 4.98 Å². The van der Waals surface area contributed by atoms with Crippen LogP contribution in [0.1, 0.15) is 17.5 Å². The second-order valence-corrected chi connectivity index (χ2v) is 4.82. The van der Waals surface area contributed by atoms with E-state index in [1.54, 1.807) is 6.07 Å². The third-order valence-corrected chi connectivity index (χ3v) is 3.49. The van der Waals surface area contributed by atoms with Gasteiger partial charge >= 0.3 is 11.6 Å². The quantitative estimate of drug-likeness (QED) is 0.492. The van der Waals surface area contributed by atoms with Crippen molar-refractivity contribution in [3.05, 3.63) is 50.9 Å². The Hall–Kier alpha value is -2.21. The van der Waals surface area contributed by atoms with Crippen molar-refractivity contribution in [1.29, 1.82) is 0 Å². The third kappa shape index (κ3) is 2.30. The number of benzene rings is 1. The van der Waals surface area contributed by atoms with Gasteiger partial charge in [0.25, 0.3) is 0 Å². The molecule has 1 aliphatic rings. The summed E-state index contributed by atoms with van der Waals surface area (Å²) in [6.07, 6.45) is 4.32. The van der Waals surface area contributed by atoms with Crippen LogP contribution >= 0.6 is 11.6 Å². The summed E-state index contributed by atoms with van der Waals surface area (Å²) >= 11 is 5.71. The summed E-state index contributed by atoms with van der Waals surface area (Å²) in [7, 11) is 0. The number of nitro groups is 1. The molecule has 1 aromatic carbocycles. The Balaban J connectivity index is 1.95. The lowest BCUT2D eigenvalue weighted by atomic mass is 10.1. The molecule has 0 aliphatic heterocycles. The summed E-state index contributed by atoms with van der Waals surface area (Å²) in [5.41, 5.74) is 2.09. The van der Waals surface area contributed by atoms with E-state index in [0.717, 1.165) is 25.6 Å². The van der Waals surface area contributed by atoms with Crippen LogP contribution in [0.3, 0.4) is 0 Å². The van der Waals surface area contributed by atoms with Crippen LogP contribution in [0.2, 0.25) is 5.15 Å². The molecule has 0 saturated carbocycles. The zero-order valence-corrected chi connectivity index (χ0v) is 11.1. The molecule has 0 amide bonds. The van der Waals surface area contributed by atoms with Crippen molar-refractivity contribution < 1.29 is 9.66 Å². The molecule has 102 valence electrons. The number of aryl methyl sites for hydroxylation is 2. The van der Waals surface area contributed by atoms with Gasteiger partial charge in [0.1, 0.15) is 12.1 Å². The lowest BCUT2D eigenvalue weighted by Crippen LogP contribution is -1.98. The van der Waals surface area contributed by atoms with E-state index < -0.39 is 10.6 Å². The molecule has 0 bridgehead atoms. The number of fused-ring (bicyclic) bond motifs is 1. The number of nitrogens with zero attached hydrogens (tertiary/aromatic N) is 3. The average molecular weight is 292 g/mol. The Morgan fingerprint density at radius 2 is 2.05 bits per heavy atom. The van der Waals surface area contributed by atoms with Crippen molar-refractivity contribution >= 4 is 17.3 Å². The van der Waals surface area contributed by atoms with Gasteiger partial charge in [-0.05, 0) is 42.5 Å². The first-order chi connectivity index (χ1) is 9.65. The second kappa shape index (κ2) is 5.05. The van der Waals surface area contributed by atoms with Crippen LogP contribution in [0.5, 0.6) is 11.6 Å². The fourth-order valence-corrected chi connectivity index (χ4v) is 2.49. The molecule has 2 aromatic rings. The first kappa shape index (κ1) is 12.8. The van der Waals surface area contributed by atoms with Crippen LogP contribution in [0.4, 0.5) is 5.69 Å². The van der Waals surface area contributed by atoms with Crippen LogP contribution in [-0.4, -0.2) is 14.9 Å². The molecule has 1 aromatic heterocycles. The molecule has 7 heteroatoms. The number of rotatable bonds is 3. The predicted octanol–water partition coefficient (Wildman–Crippen LogP) is 3.32. The lowest BCUT2D eigenvalue weighted by Gasteiger charge is -2.07. The molecule has 6 nitrogen and oxygen atoms in total. The fourth-order valence-electron chi connectivity index (χ4n) is 2.29. The molecule has 0 unspecified atom stereocenters. The minimum atomic E-state index is -0.648. The van der Waals surface area contributed by atoms with Crippen LogP contribution in [0, 0.1) is 10.1 Å². The van der Waals surface area contributed by atoms with Gasteiger partial charge in [-0.1, -0.05) is 17.7 Å². The molecule has 3 rings (SSSR count). The molecule has 1 heterocycles. The first-order valence-electron chi connectivity index (χ1n) is 6.09. The van der Waals surface area contributed by atoms with E-state index in [4.69, 9.17) is 16.3 Å². The highest BCUT2D eigenvalue weighted by Gasteiger charge is 2.24. The van der Waals surface area contributed by atoms with E-state index in [1.807, 2.05) is 12.1 Å². The van der Waals surface area contributed by atoms with Gasteiger partial charge in [-0.3, -0.25) is 10.1 Å². The van der Waals surface area contributed by atoms with Crippen LogP contribution in [0.25, 0.3) is 0 Å². The van der Waals surface area contributed by atoms with E-state index in [1.165, 1.54) is 11.1 Å². The van der Waals surface area contributed by atoms with E-state index >= 15 is 0 Å². The van der Waals surface area contributed by atoms with Crippen LogP contribution < -0.4 is 4.74 Å². The Bertz CT molecular complexity index is 691. The Kier molecular flexibility index (Phi) is 3.23. The van der Waals surface area contributed by atoms with Gasteiger partial charge in [0.2, 0.25) is 5.15 Å². The van der Waals surface area contributed by atoms with Crippen LogP contribution in [-0.2, 0) is 12.8 Å². The van der Waals surface area contributed by atoms with Gasteiger partial charge in [-0.25, -0.2) is 4.98 Å². The zero-order chi connectivity index (χ0) is 14.1. The number of halogens is 1. The second-order valence-electron chi connectivity index (χ2n) is 4.46. The maximum absolute atomic E-state index is 11.0. The van der Waals surface area contributed by atoms with E-state index in [9.17, 15) is 10.1 Å². The highest BCUT2D eigenvalue weighted by molar-refractivity contribution is 6.31. The molecule has 0 spiro atoms. The number of hydrogen-bond acceptors (Lipinski definition) is 5. The first-order valence-corrected chi connectivity index (χ1v) is 6.47. The molecule has 20 heavy (non-hydrogen) atoms. The van der Waals surface area contributed by atoms with Gasteiger partial charge in [-0.15, -0.1) is 0 Å². The predicted molar refractivity (Wildman–Crippen MR) is 72.2 cm³/mol. The van der Waals surface area contributed by atoms with E-state index in [0.29, 0.717) is 5.75 Å². The normalized spacial score (nSPS) is 13.1. The highest BCUT2D eigenvalue weighted by Crippen LogP contribution is 2.35. The standard InChI is InChI=1S/C13H10ClN3O3/c14-12-11(17(18)19)13(16-7-15-12)20-10-5-4-8-2-1-3-9(8)6-10/h4-7H,1-3H2. The summed E-state index contributed by atoms with van der Waals surface area (Å²) in [5, 5.41) is 10.7. The number of hydrogen-bond donors (Lipinski definition) is 0. The van der Waals surface area contributed by atoms with Gasteiger partial charge in [0, 0.05) is 0 Å². The van der Waals surface area contributed by atoms with Crippen molar-refractivity contribution in [1.82, 2.24) is 9.97 Å². The minimum Gasteiger partial charge on any atom is -0.434 e. The number of aromatic nitrogens is 2. The summed E-state index contributed by atoms with van der Waals surface area (Å²) < 4.78 is 5.50.